The summed E-state index contributed by atoms with van der Waals surface area (Å²) in [6.45, 7) is 1.85. The van der Waals surface area contributed by atoms with Crippen LogP contribution < -0.4 is 20.1 Å². The van der Waals surface area contributed by atoms with E-state index in [4.69, 9.17) is 14.2 Å². The Morgan fingerprint density at radius 2 is 1.69 bits per heavy atom. The number of para-hydroxylation sites is 1. The van der Waals surface area contributed by atoms with Crippen molar-refractivity contribution < 1.29 is 19.0 Å². The SMILES string of the molecule is COC(=O)c1ccccc1Nc1cc(C)nc(Nc2cc(OC)ccc2OC)n1. The normalized spacial score (nSPS) is 10.2. The van der Waals surface area contributed by atoms with Gasteiger partial charge in [0, 0.05) is 17.8 Å². The Bertz CT molecular complexity index is 1020. The Morgan fingerprint density at radius 1 is 0.897 bits per heavy atom. The van der Waals surface area contributed by atoms with Crippen LogP contribution in [0.3, 0.4) is 0 Å². The highest BCUT2D eigenvalue weighted by molar-refractivity contribution is 5.96. The minimum Gasteiger partial charge on any atom is -0.497 e. The van der Waals surface area contributed by atoms with Crippen molar-refractivity contribution in [2.24, 2.45) is 0 Å². The van der Waals surface area contributed by atoms with E-state index >= 15 is 0 Å². The Labute approximate surface area is 168 Å². The molecule has 0 saturated heterocycles. The molecule has 0 saturated carbocycles. The van der Waals surface area contributed by atoms with Gasteiger partial charge in [-0.05, 0) is 31.2 Å². The number of aromatic nitrogens is 2. The van der Waals surface area contributed by atoms with Gasteiger partial charge in [0.1, 0.15) is 17.3 Å². The number of hydrogen-bond donors (Lipinski definition) is 2. The fourth-order valence-electron chi connectivity index (χ4n) is 2.74. The maximum absolute atomic E-state index is 12.0. The van der Waals surface area contributed by atoms with Crippen LogP contribution in [0, 0.1) is 6.92 Å². The lowest BCUT2D eigenvalue weighted by Crippen LogP contribution is -2.07. The van der Waals surface area contributed by atoms with E-state index in [0.29, 0.717) is 40.2 Å². The highest BCUT2D eigenvalue weighted by Crippen LogP contribution is 2.31. The quantitative estimate of drug-likeness (QED) is 0.579. The fourth-order valence-corrected chi connectivity index (χ4v) is 2.74. The first-order valence-corrected chi connectivity index (χ1v) is 8.83. The summed E-state index contributed by atoms with van der Waals surface area (Å²) in [5.41, 5.74) is 2.40. The van der Waals surface area contributed by atoms with Crippen molar-refractivity contribution in [3.63, 3.8) is 0 Å². The van der Waals surface area contributed by atoms with Gasteiger partial charge in [0.15, 0.2) is 0 Å². The van der Waals surface area contributed by atoms with Crippen LogP contribution in [0.15, 0.2) is 48.5 Å². The summed E-state index contributed by atoms with van der Waals surface area (Å²) in [5, 5.41) is 6.31. The molecule has 0 unspecified atom stereocenters. The van der Waals surface area contributed by atoms with Crippen molar-refractivity contribution in [3.05, 3.63) is 59.8 Å². The summed E-state index contributed by atoms with van der Waals surface area (Å²) in [7, 11) is 4.52. The number of nitrogens with one attached hydrogen (secondary N) is 2. The number of benzene rings is 2. The van der Waals surface area contributed by atoms with E-state index in [1.807, 2.05) is 13.0 Å². The van der Waals surface area contributed by atoms with E-state index in [-0.39, 0.29) is 0 Å². The molecule has 1 heterocycles. The van der Waals surface area contributed by atoms with Gasteiger partial charge in [-0.1, -0.05) is 12.1 Å². The van der Waals surface area contributed by atoms with Gasteiger partial charge >= 0.3 is 5.97 Å². The van der Waals surface area contributed by atoms with E-state index in [1.54, 1.807) is 56.7 Å². The molecular weight excluding hydrogens is 372 g/mol. The van der Waals surface area contributed by atoms with Crippen molar-refractivity contribution in [1.82, 2.24) is 9.97 Å². The standard InChI is InChI=1S/C21H22N4O4/c1-13-11-19(23-16-8-6-5-7-15(16)20(26)29-4)25-21(22-13)24-17-12-14(27-2)9-10-18(17)28-3/h5-12H,1-4H3,(H2,22,23,24,25). The third-order valence-electron chi connectivity index (χ3n) is 4.10. The lowest BCUT2D eigenvalue weighted by Gasteiger charge is -2.14. The molecule has 0 aliphatic carbocycles. The molecule has 0 fully saturated rings. The van der Waals surface area contributed by atoms with E-state index in [0.717, 1.165) is 5.69 Å². The molecule has 29 heavy (non-hydrogen) atoms. The third kappa shape index (κ3) is 4.73. The van der Waals surface area contributed by atoms with Gasteiger partial charge in [-0.3, -0.25) is 0 Å². The predicted octanol–water partition coefficient (Wildman–Crippen LogP) is 4.08. The fraction of sp³-hybridized carbons (Fsp3) is 0.190. The van der Waals surface area contributed by atoms with Gasteiger partial charge in [-0.25, -0.2) is 9.78 Å². The zero-order valence-corrected chi connectivity index (χ0v) is 16.6. The second kappa shape index (κ2) is 8.92. The summed E-state index contributed by atoms with van der Waals surface area (Å²) in [4.78, 5) is 20.9. The van der Waals surface area contributed by atoms with Crippen molar-refractivity contribution in [2.45, 2.75) is 6.92 Å². The predicted molar refractivity (Wildman–Crippen MR) is 111 cm³/mol. The zero-order chi connectivity index (χ0) is 20.8. The molecule has 1 aromatic heterocycles. The van der Waals surface area contributed by atoms with Crippen molar-refractivity contribution >= 4 is 29.1 Å². The Hall–Kier alpha value is -3.81. The Kier molecular flexibility index (Phi) is 6.13. The minimum atomic E-state index is -0.432. The average molecular weight is 394 g/mol. The van der Waals surface area contributed by atoms with Crippen LogP contribution in [0.5, 0.6) is 11.5 Å². The van der Waals surface area contributed by atoms with E-state index in [9.17, 15) is 4.79 Å². The topological polar surface area (TPSA) is 94.6 Å². The lowest BCUT2D eigenvalue weighted by atomic mass is 10.2. The van der Waals surface area contributed by atoms with Gasteiger partial charge in [-0.2, -0.15) is 4.98 Å². The summed E-state index contributed by atoms with van der Waals surface area (Å²) in [6.07, 6.45) is 0. The molecule has 150 valence electrons. The Morgan fingerprint density at radius 3 is 2.41 bits per heavy atom. The first-order valence-electron chi connectivity index (χ1n) is 8.83. The van der Waals surface area contributed by atoms with Crippen molar-refractivity contribution in [1.29, 1.82) is 0 Å². The number of aryl methyl sites for hydroxylation is 1. The molecule has 8 nitrogen and oxygen atoms in total. The molecule has 2 N–H and O–H groups in total. The Balaban J connectivity index is 1.91. The molecule has 3 aromatic rings. The van der Waals surface area contributed by atoms with Gasteiger partial charge < -0.3 is 24.8 Å². The van der Waals surface area contributed by atoms with Crippen LogP contribution in [0.25, 0.3) is 0 Å². The number of esters is 1. The van der Waals surface area contributed by atoms with Crippen molar-refractivity contribution in [3.8, 4) is 11.5 Å². The monoisotopic (exact) mass is 394 g/mol. The maximum atomic E-state index is 12.0. The molecular formula is C21H22N4O4. The van der Waals surface area contributed by atoms with Crippen LogP contribution in [-0.2, 0) is 4.74 Å². The number of anilines is 4. The smallest absolute Gasteiger partial charge is 0.339 e. The molecule has 2 aromatic carbocycles. The molecule has 0 radical (unpaired) electrons. The van der Waals surface area contributed by atoms with Gasteiger partial charge in [0.2, 0.25) is 5.95 Å². The molecule has 0 bridgehead atoms. The molecule has 8 heteroatoms. The molecule has 0 atom stereocenters. The number of methoxy groups -OCH3 is 3. The van der Waals surface area contributed by atoms with Crippen LogP contribution in [0.1, 0.15) is 16.1 Å². The third-order valence-corrected chi connectivity index (χ3v) is 4.10. The summed E-state index contributed by atoms with van der Waals surface area (Å²) in [5.74, 6) is 1.76. The number of carbonyl (C=O) groups is 1. The number of carbonyl (C=O) groups excluding carboxylic acids is 1. The molecule has 0 aliphatic rings. The second-order valence-corrected chi connectivity index (χ2v) is 6.07. The van der Waals surface area contributed by atoms with Crippen LogP contribution in [0.2, 0.25) is 0 Å². The highest BCUT2D eigenvalue weighted by atomic mass is 16.5. The van der Waals surface area contributed by atoms with Crippen LogP contribution in [0.4, 0.5) is 23.1 Å². The number of hydrogen-bond acceptors (Lipinski definition) is 8. The molecule has 3 rings (SSSR count). The van der Waals surface area contributed by atoms with Crippen LogP contribution in [-0.4, -0.2) is 37.3 Å². The molecule has 0 spiro atoms. The zero-order valence-electron chi connectivity index (χ0n) is 16.6. The summed E-state index contributed by atoms with van der Waals surface area (Å²) < 4.78 is 15.5. The lowest BCUT2D eigenvalue weighted by molar-refractivity contribution is 0.0602. The minimum absolute atomic E-state index is 0.370. The van der Waals surface area contributed by atoms with Crippen LogP contribution >= 0.6 is 0 Å². The van der Waals surface area contributed by atoms with Gasteiger partial charge in [0.05, 0.1) is 38.3 Å². The largest absolute Gasteiger partial charge is 0.497 e. The molecule has 0 aliphatic heterocycles. The van der Waals surface area contributed by atoms with Gasteiger partial charge in [0.25, 0.3) is 0 Å². The second-order valence-electron chi connectivity index (χ2n) is 6.07. The van der Waals surface area contributed by atoms with Crippen molar-refractivity contribution in [2.75, 3.05) is 32.0 Å². The van der Waals surface area contributed by atoms with Gasteiger partial charge in [-0.15, -0.1) is 0 Å². The maximum Gasteiger partial charge on any atom is 0.339 e. The number of nitrogens with zero attached hydrogens (tertiary/aromatic N) is 2. The summed E-state index contributed by atoms with van der Waals surface area (Å²) >= 11 is 0. The number of rotatable bonds is 7. The first kappa shape index (κ1) is 19.9. The van der Waals surface area contributed by atoms with E-state index < -0.39 is 5.97 Å². The first-order chi connectivity index (χ1) is 14.0. The average Bonchev–Trinajstić information content (AvgIpc) is 2.73. The molecule has 0 amide bonds. The highest BCUT2D eigenvalue weighted by Gasteiger charge is 2.13. The van der Waals surface area contributed by atoms with E-state index in [1.165, 1.54) is 7.11 Å². The number of ether oxygens (including phenoxy) is 3. The summed E-state index contributed by atoms with van der Waals surface area (Å²) in [6, 6.07) is 14.2. The van der Waals surface area contributed by atoms with E-state index in [2.05, 4.69) is 20.6 Å².